The Kier molecular flexibility index (Phi) is 6.69. The smallest absolute Gasteiger partial charge is 0.315 e. The van der Waals surface area contributed by atoms with E-state index < -0.39 is 31.7 Å². The molecule has 1 aliphatic heterocycles. The SMILES string of the molecule is Cc1ccc(N(C)C(=O)C2CCN(S(=O)(=O)c3ccc(Cl)c(C(F)(F)F)c3)CC2)cc1. The third-order valence-electron chi connectivity index (χ3n) is 5.44. The topological polar surface area (TPSA) is 57.7 Å². The summed E-state index contributed by atoms with van der Waals surface area (Å²) < 4.78 is 66.1. The molecule has 2 aromatic carbocycles. The van der Waals surface area contributed by atoms with Crippen molar-refractivity contribution in [2.24, 2.45) is 5.92 Å². The lowest BCUT2D eigenvalue weighted by Gasteiger charge is -2.32. The number of hydrogen-bond acceptors (Lipinski definition) is 3. The van der Waals surface area contributed by atoms with E-state index in [1.807, 2.05) is 31.2 Å². The van der Waals surface area contributed by atoms with Crippen LogP contribution in [-0.2, 0) is 21.0 Å². The number of alkyl halides is 3. The lowest BCUT2D eigenvalue weighted by Crippen LogP contribution is -2.43. The largest absolute Gasteiger partial charge is 0.417 e. The Labute approximate surface area is 184 Å². The molecular weight excluding hydrogens is 453 g/mol. The zero-order valence-corrected chi connectivity index (χ0v) is 18.6. The van der Waals surface area contributed by atoms with Gasteiger partial charge in [0, 0.05) is 31.7 Å². The van der Waals surface area contributed by atoms with Gasteiger partial charge in [-0.05, 0) is 50.1 Å². The molecule has 10 heteroatoms. The Balaban J connectivity index is 1.71. The minimum Gasteiger partial charge on any atom is -0.315 e. The van der Waals surface area contributed by atoms with Crippen molar-refractivity contribution in [3.05, 3.63) is 58.6 Å². The molecule has 0 saturated carbocycles. The first-order valence-corrected chi connectivity index (χ1v) is 11.4. The van der Waals surface area contributed by atoms with Crippen LogP contribution in [0.2, 0.25) is 5.02 Å². The number of piperidine rings is 1. The van der Waals surface area contributed by atoms with Gasteiger partial charge in [-0.25, -0.2) is 8.42 Å². The number of carbonyl (C=O) groups excluding carboxylic acids is 1. The number of hydrogen-bond donors (Lipinski definition) is 0. The summed E-state index contributed by atoms with van der Waals surface area (Å²) >= 11 is 5.59. The number of halogens is 4. The molecule has 1 heterocycles. The van der Waals surface area contributed by atoms with Gasteiger partial charge in [0.2, 0.25) is 15.9 Å². The molecule has 1 fully saturated rings. The molecule has 0 radical (unpaired) electrons. The molecule has 168 valence electrons. The van der Waals surface area contributed by atoms with E-state index in [4.69, 9.17) is 11.6 Å². The van der Waals surface area contributed by atoms with Gasteiger partial charge in [0.1, 0.15) is 0 Å². The quantitative estimate of drug-likeness (QED) is 0.643. The van der Waals surface area contributed by atoms with Crippen LogP contribution >= 0.6 is 11.6 Å². The van der Waals surface area contributed by atoms with E-state index in [9.17, 15) is 26.4 Å². The van der Waals surface area contributed by atoms with Crippen LogP contribution in [0, 0.1) is 12.8 Å². The number of anilines is 1. The maximum atomic E-state index is 13.1. The third-order valence-corrected chi connectivity index (χ3v) is 7.66. The summed E-state index contributed by atoms with van der Waals surface area (Å²) in [6, 6.07) is 10.0. The van der Waals surface area contributed by atoms with E-state index in [-0.39, 0.29) is 37.8 Å². The predicted octanol–water partition coefficient (Wildman–Crippen LogP) is 4.73. The van der Waals surface area contributed by atoms with Gasteiger partial charge >= 0.3 is 6.18 Å². The van der Waals surface area contributed by atoms with Crippen molar-refractivity contribution in [3.8, 4) is 0 Å². The number of carbonyl (C=O) groups is 1. The van der Waals surface area contributed by atoms with E-state index >= 15 is 0 Å². The van der Waals surface area contributed by atoms with Crippen LogP contribution in [0.4, 0.5) is 18.9 Å². The summed E-state index contributed by atoms with van der Waals surface area (Å²) in [6.07, 6.45) is -4.19. The maximum absolute atomic E-state index is 13.1. The fourth-order valence-corrected chi connectivity index (χ4v) is 5.26. The highest BCUT2D eigenvalue weighted by Crippen LogP contribution is 2.37. The second-order valence-corrected chi connectivity index (χ2v) is 9.90. The Morgan fingerprint density at radius 2 is 1.68 bits per heavy atom. The summed E-state index contributed by atoms with van der Waals surface area (Å²) in [5.74, 6) is -0.486. The summed E-state index contributed by atoms with van der Waals surface area (Å²) in [6.45, 7) is 2.04. The standard InChI is InChI=1S/C21H22ClF3N2O3S/c1-14-3-5-16(6-4-14)26(2)20(28)15-9-11-27(12-10-15)31(29,30)17-7-8-19(22)18(13-17)21(23,24)25/h3-8,13,15H,9-12H2,1-2H3. The zero-order chi connectivity index (χ0) is 23.0. The van der Waals surface area contributed by atoms with Gasteiger partial charge in [-0.15, -0.1) is 0 Å². The fourth-order valence-electron chi connectivity index (χ4n) is 3.54. The van der Waals surface area contributed by atoms with Crippen molar-refractivity contribution in [3.63, 3.8) is 0 Å². The van der Waals surface area contributed by atoms with E-state index in [1.165, 1.54) is 0 Å². The predicted molar refractivity (Wildman–Crippen MR) is 113 cm³/mol. The molecule has 0 unspecified atom stereocenters. The molecule has 0 atom stereocenters. The average molecular weight is 475 g/mol. The fraction of sp³-hybridized carbons (Fsp3) is 0.381. The lowest BCUT2D eigenvalue weighted by atomic mass is 9.96. The van der Waals surface area contributed by atoms with Crippen molar-refractivity contribution in [2.45, 2.75) is 30.8 Å². The normalized spacial score (nSPS) is 16.3. The summed E-state index contributed by atoms with van der Waals surface area (Å²) in [4.78, 5) is 13.9. The highest BCUT2D eigenvalue weighted by atomic mass is 35.5. The Bertz CT molecular complexity index is 1060. The van der Waals surface area contributed by atoms with Gasteiger partial charge in [0.25, 0.3) is 0 Å². The molecule has 3 rings (SSSR count). The van der Waals surface area contributed by atoms with Crippen molar-refractivity contribution < 1.29 is 26.4 Å². The summed E-state index contributed by atoms with van der Waals surface area (Å²) in [5.41, 5.74) is 0.616. The lowest BCUT2D eigenvalue weighted by molar-refractivity contribution is -0.137. The van der Waals surface area contributed by atoms with Crippen molar-refractivity contribution in [1.29, 1.82) is 0 Å². The van der Waals surface area contributed by atoms with Crippen LogP contribution in [0.25, 0.3) is 0 Å². The van der Waals surface area contributed by atoms with E-state index in [1.54, 1.807) is 11.9 Å². The number of aryl methyl sites for hydroxylation is 1. The summed E-state index contributed by atoms with van der Waals surface area (Å²) in [7, 11) is -2.47. The number of amides is 1. The van der Waals surface area contributed by atoms with Gasteiger partial charge in [0.15, 0.2) is 0 Å². The van der Waals surface area contributed by atoms with Crippen LogP contribution in [-0.4, -0.2) is 38.8 Å². The Morgan fingerprint density at radius 3 is 2.23 bits per heavy atom. The zero-order valence-electron chi connectivity index (χ0n) is 17.0. The number of rotatable bonds is 4. The van der Waals surface area contributed by atoms with Crippen LogP contribution in [0.5, 0.6) is 0 Å². The van der Waals surface area contributed by atoms with Crippen LogP contribution in [0.3, 0.4) is 0 Å². The molecule has 1 saturated heterocycles. The van der Waals surface area contributed by atoms with Gasteiger partial charge in [0.05, 0.1) is 15.5 Å². The van der Waals surface area contributed by atoms with E-state index in [0.29, 0.717) is 6.07 Å². The monoisotopic (exact) mass is 474 g/mol. The average Bonchev–Trinajstić information content (AvgIpc) is 2.72. The first kappa shape index (κ1) is 23.6. The molecule has 0 N–H and O–H groups in total. The minimum absolute atomic E-state index is 0.0461. The Hall–Kier alpha value is -2.10. The number of sulfonamides is 1. The molecular formula is C21H22ClF3N2O3S. The number of benzene rings is 2. The second kappa shape index (κ2) is 8.80. The molecule has 1 aliphatic rings. The van der Waals surface area contributed by atoms with Crippen molar-refractivity contribution in [2.75, 3.05) is 25.0 Å². The highest BCUT2D eigenvalue weighted by molar-refractivity contribution is 7.89. The van der Waals surface area contributed by atoms with Gasteiger partial charge in [-0.2, -0.15) is 17.5 Å². The van der Waals surface area contributed by atoms with E-state index in [2.05, 4.69) is 0 Å². The first-order valence-electron chi connectivity index (χ1n) is 9.62. The first-order chi connectivity index (χ1) is 14.4. The molecule has 0 bridgehead atoms. The van der Waals surface area contributed by atoms with Crippen LogP contribution in [0.15, 0.2) is 47.4 Å². The van der Waals surface area contributed by atoms with Crippen LogP contribution < -0.4 is 4.90 Å². The molecule has 0 aliphatic carbocycles. The molecule has 1 amide bonds. The van der Waals surface area contributed by atoms with Gasteiger partial charge in [-0.3, -0.25) is 4.79 Å². The maximum Gasteiger partial charge on any atom is 0.417 e. The summed E-state index contributed by atoms with van der Waals surface area (Å²) in [5, 5.41) is -0.560. The van der Waals surface area contributed by atoms with Gasteiger partial charge in [-0.1, -0.05) is 29.3 Å². The molecule has 0 aromatic heterocycles. The number of nitrogens with zero attached hydrogens (tertiary/aromatic N) is 2. The molecule has 2 aromatic rings. The molecule has 31 heavy (non-hydrogen) atoms. The van der Waals surface area contributed by atoms with E-state index in [0.717, 1.165) is 27.7 Å². The van der Waals surface area contributed by atoms with Crippen molar-refractivity contribution >= 4 is 33.2 Å². The second-order valence-electron chi connectivity index (χ2n) is 7.55. The Morgan fingerprint density at radius 1 is 1.10 bits per heavy atom. The van der Waals surface area contributed by atoms with Gasteiger partial charge < -0.3 is 4.90 Å². The van der Waals surface area contributed by atoms with Crippen molar-refractivity contribution in [1.82, 2.24) is 4.31 Å². The minimum atomic E-state index is -4.76. The van der Waals surface area contributed by atoms with Crippen LogP contribution in [0.1, 0.15) is 24.0 Å². The highest BCUT2D eigenvalue weighted by Gasteiger charge is 2.37. The molecule has 0 spiro atoms. The molecule has 5 nitrogen and oxygen atoms in total. The third kappa shape index (κ3) is 5.05.